The van der Waals surface area contributed by atoms with Crippen molar-refractivity contribution in [3.05, 3.63) is 59.3 Å². The molecule has 0 radical (unpaired) electrons. The maximum absolute atomic E-state index is 12.1. The van der Waals surface area contributed by atoms with Crippen molar-refractivity contribution in [2.75, 3.05) is 7.11 Å². The number of allylic oxidation sites excluding steroid dienone is 1. The second-order valence-electron chi connectivity index (χ2n) is 5.26. The Labute approximate surface area is 149 Å². The summed E-state index contributed by atoms with van der Waals surface area (Å²) in [6.07, 6.45) is 1.54. The van der Waals surface area contributed by atoms with E-state index in [2.05, 4.69) is 15.5 Å². The van der Waals surface area contributed by atoms with Crippen LogP contribution in [-0.4, -0.2) is 23.2 Å². The number of nitrogens with one attached hydrogen (secondary N) is 1. The van der Waals surface area contributed by atoms with Gasteiger partial charge in [0.25, 0.3) is 0 Å². The van der Waals surface area contributed by atoms with Crippen LogP contribution in [0.5, 0.6) is 5.75 Å². The SMILES string of the molecule is COc1ccc(/C(C)=C/C(=O)NCc2nc(-c3cccs3)no2)cc1. The number of hydrogen-bond donors (Lipinski definition) is 1. The Morgan fingerprint density at radius 3 is 2.80 bits per heavy atom. The van der Waals surface area contributed by atoms with Gasteiger partial charge in [-0.05, 0) is 41.6 Å². The molecule has 1 aromatic carbocycles. The van der Waals surface area contributed by atoms with Crippen molar-refractivity contribution < 1.29 is 14.1 Å². The van der Waals surface area contributed by atoms with E-state index < -0.39 is 0 Å². The van der Waals surface area contributed by atoms with Crippen LogP contribution in [0, 0.1) is 0 Å². The van der Waals surface area contributed by atoms with Gasteiger partial charge in [0.05, 0.1) is 18.5 Å². The maximum atomic E-state index is 12.1. The summed E-state index contributed by atoms with van der Waals surface area (Å²) in [5.41, 5.74) is 1.80. The Morgan fingerprint density at radius 1 is 1.32 bits per heavy atom. The van der Waals surface area contributed by atoms with E-state index in [0.29, 0.717) is 11.7 Å². The highest BCUT2D eigenvalue weighted by Crippen LogP contribution is 2.21. The standard InChI is InChI=1S/C18H17N3O3S/c1-12(13-5-7-14(23-2)8-6-13)10-16(22)19-11-17-20-18(21-24-17)15-4-3-9-25-15/h3-10H,11H2,1-2H3,(H,19,22)/b12-10+. The molecule has 2 aromatic heterocycles. The minimum Gasteiger partial charge on any atom is -0.497 e. The molecule has 3 rings (SSSR count). The van der Waals surface area contributed by atoms with Gasteiger partial charge in [-0.3, -0.25) is 4.79 Å². The van der Waals surface area contributed by atoms with Crippen LogP contribution in [0.15, 0.2) is 52.4 Å². The molecule has 0 saturated heterocycles. The molecule has 0 saturated carbocycles. The quantitative estimate of drug-likeness (QED) is 0.685. The van der Waals surface area contributed by atoms with E-state index in [1.54, 1.807) is 13.2 Å². The van der Waals surface area contributed by atoms with E-state index in [4.69, 9.17) is 9.26 Å². The number of aromatic nitrogens is 2. The number of methoxy groups -OCH3 is 1. The van der Waals surface area contributed by atoms with Crippen molar-refractivity contribution in [3.8, 4) is 16.5 Å². The van der Waals surface area contributed by atoms with Crippen molar-refractivity contribution in [3.63, 3.8) is 0 Å². The summed E-state index contributed by atoms with van der Waals surface area (Å²) in [4.78, 5) is 17.3. The molecule has 128 valence electrons. The number of carbonyl (C=O) groups is 1. The van der Waals surface area contributed by atoms with E-state index in [1.807, 2.05) is 48.7 Å². The van der Waals surface area contributed by atoms with Crippen LogP contribution >= 0.6 is 11.3 Å². The molecule has 6 nitrogen and oxygen atoms in total. The van der Waals surface area contributed by atoms with E-state index in [1.165, 1.54) is 11.3 Å². The fourth-order valence-electron chi connectivity index (χ4n) is 2.18. The third-order valence-corrected chi connectivity index (χ3v) is 4.38. The lowest BCUT2D eigenvalue weighted by molar-refractivity contribution is -0.116. The molecule has 0 bridgehead atoms. The molecule has 1 amide bonds. The van der Waals surface area contributed by atoms with Crippen molar-refractivity contribution in [2.24, 2.45) is 0 Å². The summed E-state index contributed by atoms with van der Waals surface area (Å²) in [6, 6.07) is 11.4. The van der Waals surface area contributed by atoms with Gasteiger partial charge in [-0.25, -0.2) is 0 Å². The number of carbonyl (C=O) groups excluding carboxylic acids is 1. The largest absolute Gasteiger partial charge is 0.497 e. The summed E-state index contributed by atoms with van der Waals surface area (Å²) < 4.78 is 10.3. The van der Waals surface area contributed by atoms with Gasteiger partial charge in [0.15, 0.2) is 0 Å². The Morgan fingerprint density at radius 2 is 2.12 bits per heavy atom. The van der Waals surface area contributed by atoms with Crippen molar-refractivity contribution in [1.29, 1.82) is 0 Å². The van der Waals surface area contributed by atoms with Crippen LogP contribution in [0.3, 0.4) is 0 Å². The van der Waals surface area contributed by atoms with Crippen molar-refractivity contribution in [2.45, 2.75) is 13.5 Å². The number of hydrogen-bond acceptors (Lipinski definition) is 6. The molecule has 0 aliphatic heterocycles. The molecular weight excluding hydrogens is 338 g/mol. The van der Waals surface area contributed by atoms with Gasteiger partial charge in [0.2, 0.25) is 17.6 Å². The smallest absolute Gasteiger partial charge is 0.246 e. The van der Waals surface area contributed by atoms with E-state index >= 15 is 0 Å². The van der Waals surface area contributed by atoms with Crippen molar-refractivity contribution >= 4 is 22.8 Å². The maximum Gasteiger partial charge on any atom is 0.246 e. The predicted octanol–water partition coefficient (Wildman–Crippen LogP) is 3.53. The number of amides is 1. The Balaban J connectivity index is 1.58. The lowest BCUT2D eigenvalue weighted by atomic mass is 10.1. The minimum atomic E-state index is -0.218. The molecule has 2 heterocycles. The molecule has 3 aromatic rings. The van der Waals surface area contributed by atoms with Crippen molar-refractivity contribution in [1.82, 2.24) is 15.5 Å². The Hall–Kier alpha value is -2.93. The second-order valence-corrected chi connectivity index (χ2v) is 6.21. The van der Waals surface area contributed by atoms with E-state index in [-0.39, 0.29) is 12.5 Å². The topological polar surface area (TPSA) is 77.2 Å². The normalized spacial score (nSPS) is 11.4. The summed E-state index contributed by atoms with van der Waals surface area (Å²) in [5, 5.41) is 8.60. The number of ether oxygens (including phenoxy) is 1. The molecule has 7 heteroatoms. The molecule has 0 aliphatic carbocycles. The lowest BCUT2D eigenvalue weighted by Gasteiger charge is -2.04. The molecule has 25 heavy (non-hydrogen) atoms. The zero-order chi connectivity index (χ0) is 17.6. The highest BCUT2D eigenvalue weighted by Gasteiger charge is 2.10. The summed E-state index contributed by atoms with van der Waals surface area (Å²) in [7, 11) is 1.62. The van der Waals surface area contributed by atoms with Gasteiger partial charge in [-0.2, -0.15) is 4.98 Å². The average Bonchev–Trinajstić information content (AvgIpc) is 3.31. The van der Waals surface area contributed by atoms with Gasteiger partial charge in [-0.15, -0.1) is 11.3 Å². The zero-order valence-corrected chi connectivity index (χ0v) is 14.7. The van der Waals surface area contributed by atoms with E-state index in [0.717, 1.165) is 21.8 Å². The molecule has 1 N–H and O–H groups in total. The van der Waals surface area contributed by atoms with Gasteiger partial charge in [0.1, 0.15) is 5.75 Å². The first-order chi connectivity index (χ1) is 12.2. The van der Waals surface area contributed by atoms with Crippen LogP contribution in [0.2, 0.25) is 0 Å². The first kappa shape index (κ1) is 16.9. The zero-order valence-electron chi connectivity index (χ0n) is 13.9. The molecule has 0 atom stereocenters. The summed E-state index contributed by atoms with van der Waals surface area (Å²) in [6.45, 7) is 2.06. The third kappa shape index (κ3) is 4.33. The molecule has 0 unspecified atom stereocenters. The van der Waals surface area contributed by atoms with Crippen LogP contribution in [0.4, 0.5) is 0 Å². The second kappa shape index (κ2) is 7.76. The molecule has 0 aliphatic rings. The first-order valence-corrected chi connectivity index (χ1v) is 8.50. The number of benzene rings is 1. The first-order valence-electron chi connectivity index (χ1n) is 7.63. The summed E-state index contributed by atoms with van der Waals surface area (Å²) >= 11 is 1.53. The predicted molar refractivity (Wildman–Crippen MR) is 96.1 cm³/mol. The Bertz CT molecular complexity index is 867. The molecule has 0 spiro atoms. The monoisotopic (exact) mass is 355 g/mol. The number of rotatable bonds is 6. The number of thiophene rings is 1. The van der Waals surface area contributed by atoms with Crippen LogP contribution in [0.25, 0.3) is 16.3 Å². The highest BCUT2D eigenvalue weighted by atomic mass is 32.1. The molecular formula is C18H17N3O3S. The fraction of sp³-hybridized carbons (Fsp3) is 0.167. The van der Waals surface area contributed by atoms with Gasteiger partial charge < -0.3 is 14.6 Å². The van der Waals surface area contributed by atoms with Crippen LogP contribution in [-0.2, 0) is 11.3 Å². The lowest BCUT2D eigenvalue weighted by Crippen LogP contribution is -2.20. The highest BCUT2D eigenvalue weighted by molar-refractivity contribution is 7.13. The van der Waals surface area contributed by atoms with E-state index in [9.17, 15) is 4.79 Å². The average molecular weight is 355 g/mol. The van der Waals surface area contributed by atoms with Crippen LogP contribution < -0.4 is 10.1 Å². The Kier molecular flexibility index (Phi) is 5.25. The number of nitrogens with zero attached hydrogens (tertiary/aromatic N) is 2. The fourth-order valence-corrected chi connectivity index (χ4v) is 2.83. The third-order valence-electron chi connectivity index (χ3n) is 3.52. The summed E-state index contributed by atoms with van der Waals surface area (Å²) in [5.74, 6) is 1.46. The van der Waals surface area contributed by atoms with Crippen LogP contribution in [0.1, 0.15) is 18.4 Å². The van der Waals surface area contributed by atoms with Gasteiger partial charge in [-0.1, -0.05) is 23.4 Å². The van der Waals surface area contributed by atoms with Gasteiger partial charge in [0, 0.05) is 6.08 Å². The minimum absolute atomic E-state index is 0.184. The van der Waals surface area contributed by atoms with Gasteiger partial charge >= 0.3 is 0 Å². The molecule has 0 fully saturated rings.